The molecule has 0 saturated heterocycles. The lowest BCUT2D eigenvalue weighted by Crippen LogP contribution is -2.14. The fourth-order valence-electron chi connectivity index (χ4n) is 2.73. The number of carbonyl (C=O) groups excluding carboxylic acids is 1. The molecule has 2 aromatic carbocycles. The second-order valence-corrected chi connectivity index (χ2v) is 7.85. The number of anilines is 1. The van der Waals surface area contributed by atoms with E-state index in [1.807, 2.05) is 88.4 Å². The number of benzene rings is 2. The van der Waals surface area contributed by atoms with E-state index < -0.39 is 0 Å². The van der Waals surface area contributed by atoms with Gasteiger partial charge in [0.25, 0.3) is 0 Å². The van der Waals surface area contributed by atoms with Crippen LogP contribution in [0.1, 0.15) is 50.8 Å². The van der Waals surface area contributed by atoms with Crippen molar-refractivity contribution in [2.45, 2.75) is 45.6 Å². The molecule has 1 aromatic heterocycles. The number of ether oxygens (including phenoxy) is 1. The van der Waals surface area contributed by atoms with Crippen molar-refractivity contribution < 1.29 is 14.1 Å². The molecule has 0 bridgehead atoms. The third kappa shape index (κ3) is 5.22. The number of hydrogen-bond donors (Lipinski definition) is 1. The van der Waals surface area contributed by atoms with Crippen LogP contribution < -0.4 is 10.1 Å². The van der Waals surface area contributed by atoms with Gasteiger partial charge in [0, 0.05) is 17.2 Å². The zero-order chi connectivity index (χ0) is 20.1. The molecule has 0 radical (unpaired) electrons. The van der Waals surface area contributed by atoms with Gasteiger partial charge in [-0.3, -0.25) is 4.79 Å². The van der Waals surface area contributed by atoms with E-state index in [0.29, 0.717) is 11.4 Å². The van der Waals surface area contributed by atoms with E-state index in [1.54, 1.807) is 0 Å². The lowest BCUT2D eigenvalue weighted by Gasteiger charge is -2.15. The van der Waals surface area contributed by atoms with Gasteiger partial charge in [0.05, 0.1) is 12.1 Å². The maximum atomic E-state index is 12.3. The van der Waals surface area contributed by atoms with E-state index in [9.17, 15) is 4.79 Å². The van der Waals surface area contributed by atoms with E-state index in [2.05, 4.69) is 10.5 Å². The number of rotatable bonds is 6. The van der Waals surface area contributed by atoms with Gasteiger partial charge in [-0.25, -0.2) is 0 Å². The Balaban J connectivity index is 1.55. The van der Waals surface area contributed by atoms with E-state index in [0.717, 1.165) is 17.1 Å². The Labute approximate surface area is 165 Å². The van der Waals surface area contributed by atoms with Crippen LogP contribution in [0.15, 0.2) is 65.2 Å². The first-order valence-electron chi connectivity index (χ1n) is 9.39. The second-order valence-electron chi connectivity index (χ2n) is 7.85. The number of hydrogen-bond acceptors (Lipinski definition) is 4. The van der Waals surface area contributed by atoms with Crippen LogP contribution in [0.3, 0.4) is 0 Å². The van der Waals surface area contributed by atoms with Gasteiger partial charge in [0.15, 0.2) is 0 Å². The topological polar surface area (TPSA) is 64.4 Å². The van der Waals surface area contributed by atoms with Crippen LogP contribution in [-0.2, 0) is 16.6 Å². The maximum Gasteiger partial charge on any atom is 0.230 e. The zero-order valence-electron chi connectivity index (χ0n) is 16.7. The number of amides is 1. The van der Waals surface area contributed by atoms with Crippen molar-refractivity contribution in [3.63, 3.8) is 0 Å². The van der Waals surface area contributed by atoms with Gasteiger partial charge >= 0.3 is 0 Å². The fraction of sp³-hybridized carbons (Fsp3) is 0.304. The highest BCUT2D eigenvalue weighted by molar-refractivity contribution is 5.92. The number of carbonyl (C=O) groups is 1. The molecule has 1 amide bonds. The third-order valence-electron chi connectivity index (χ3n) is 4.36. The van der Waals surface area contributed by atoms with Crippen molar-refractivity contribution in [3.8, 4) is 5.75 Å². The number of aromatic nitrogens is 1. The molecule has 5 nitrogen and oxygen atoms in total. The standard InChI is InChI=1S/C23H26N2O3/c1-16(17-8-6-5-7-9-17)27-20-12-10-18(11-13-20)24-22(26)15-19-14-21(28-25-19)23(2,3)4/h5-14,16H,15H2,1-4H3,(H,24,26). The highest BCUT2D eigenvalue weighted by Gasteiger charge is 2.20. The lowest BCUT2D eigenvalue weighted by molar-refractivity contribution is -0.115. The summed E-state index contributed by atoms with van der Waals surface area (Å²) in [5, 5.41) is 6.86. The van der Waals surface area contributed by atoms with Crippen LogP contribution >= 0.6 is 0 Å². The summed E-state index contributed by atoms with van der Waals surface area (Å²) in [5.74, 6) is 1.38. The minimum atomic E-state index is -0.139. The number of nitrogens with zero attached hydrogens (tertiary/aromatic N) is 1. The van der Waals surface area contributed by atoms with Gasteiger partial charge < -0.3 is 14.6 Å². The van der Waals surface area contributed by atoms with Crippen LogP contribution in [0.5, 0.6) is 5.75 Å². The molecular weight excluding hydrogens is 352 g/mol. The Morgan fingerprint density at radius 2 is 1.79 bits per heavy atom. The summed E-state index contributed by atoms with van der Waals surface area (Å²) >= 11 is 0. The quantitative estimate of drug-likeness (QED) is 0.633. The Hall–Kier alpha value is -3.08. The molecule has 1 heterocycles. The van der Waals surface area contributed by atoms with Crippen molar-refractivity contribution in [1.29, 1.82) is 0 Å². The lowest BCUT2D eigenvalue weighted by atomic mass is 9.93. The largest absolute Gasteiger partial charge is 0.486 e. The smallest absolute Gasteiger partial charge is 0.230 e. The molecule has 0 aliphatic heterocycles. The molecule has 3 rings (SSSR count). The summed E-state index contributed by atoms with van der Waals surface area (Å²) in [7, 11) is 0. The highest BCUT2D eigenvalue weighted by Crippen LogP contribution is 2.24. The summed E-state index contributed by atoms with van der Waals surface area (Å²) in [6.07, 6.45) is 0.119. The van der Waals surface area contributed by atoms with Crippen LogP contribution in [0, 0.1) is 0 Å². The highest BCUT2D eigenvalue weighted by atomic mass is 16.5. The summed E-state index contributed by atoms with van der Waals surface area (Å²) < 4.78 is 11.3. The van der Waals surface area contributed by atoms with Crippen molar-refractivity contribution in [2.24, 2.45) is 0 Å². The SMILES string of the molecule is CC(Oc1ccc(NC(=O)Cc2cc(C(C)(C)C)on2)cc1)c1ccccc1. The first kappa shape index (κ1) is 19.7. The summed E-state index contributed by atoms with van der Waals surface area (Å²) in [5.41, 5.74) is 2.32. The van der Waals surface area contributed by atoms with Gasteiger partial charge in [-0.1, -0.05) is 56.3 Å². The normalized spacial score (nSPS) is 12.4. The molecule has 1 N–H and O–H groups in total. The van der Waals surface area contributed by atoms with Crippen LogP contribution in [0.4, 0.5) is 5.69 Å². The van der Waals surface area contributed by atoms with Gasteiger partial charge in [-0.2, -0.15) is 0 Å². The van der Waals surface area contributed by atoms with Crippen molar-refractivity contribution in [3.05, 3.63) is 77.7 Å². The van der Waals surface area contributed by atoms with Crippen LogP contribution in [-0.4, -0.2) is 11.1 Å². The summed E-state index contributed by atoms with van der Waals surface area (Å²) in [6, 6.07) is 19.2. The van der Waals surface area contributed by atoms with E-state index in [4.69, 9.17) is 9.26 Å². The molecule has 0 aliphatic carbocycles. The Bertz CT molecular complexity index is 909. The third-order valence-corrected chi connectivity index (χ3v) is 4.36. The molecule has 0 spiro atoms. The molecule has 0 aliphatic rings. The van der Waals surface area contributed by atoms with Gasteiger partial charge in [0.1, 0.15) is 17.6 Å². The molecule has 0 saturated carbocycles. The molecule has 28 heavy (non-hydrogen) atoms. The van der Waals surface area contributed by atoms with E-state index in [1.165, 1.54) is 0 Å². The molecule has 146 valence electrons. The predicted octanol–water partition coefficient (Wildman–Crippen LogP) is 5.29. The van der Waals surface area contributed by atoms with E-state index >= 15 is 0 Å². The second kappa shape index (κ2) is 8.30. The van der Waals surface area contributed by atoms with Crippen LogP contribution in [0.2, 0.25) is 0 Å². The number of nitrogens with one attached hydrogen (secondary N) is 1. The fourth-order valence-corrected chi connectivity index (χ4v) is 2.73. The molecule has 1 atom stereocenters. The molecular formula is C23H26N2O3. The maximum absolute atomic E-state index is 12.3. The van der Waals surface area contributed by atoms with Crippen molar-refractivity contribution in [1.82, 2.24) is 5.16 Å². The molecule has 1 unspecified atom stereocenters. The van der Waals surface area contributed by atoms with E-state index in [-0.39, 0.29) is 23.8 Å². The molecule has 0 fully saturated rings. The predicted molar refractivity (Wildman–Crippen MR) is 109 cm³/mol. The zero-order valence-corrected chi connectivity index (χ0v) is 16.7. The first-order chi connectivity index (χ1) is 13.3. The summed E-state index contributed by atoms with van der Waals surface area (Å²) in [6.45, 7) is 8.13. The average molecular weight is 378 g/mol. The first-order valence-corrected chi connectivity index (χ1v) is 9.39. The van der Waals surface area contributed by atoms with Crippen molar-refractivity contribution >= 4 is 11.6 Å². The van der Waals surface area contributed by atoms with Crippen LogP contribution in [0.25, 0.3) is 0 Å². The Kier molecular flexibility index (Phi) is 5.83. The monoisotopic (exact) mass is 378 g/mol. The summed E-state index contributed by atoms with van der Waals surface area (Å²) in [4.78, 5) is 12.3. The Morgan fingerprint density at radius 3 is 2.39 bits per heavy atom. The average Bonchev–Trinajstić information content (AvgIpc) is 3.13. The Morgan fingerprint density at radius 1 is 1.11 bits per heavy atom. The molecule has 5 heteroatoms. The van der Waals surface area contributed by atoms with Crippen molar-refractivity contribution in [2.75, 3.05) is 5.32 Å². The van der Waals surface area contributed by atoms with Gasteiger partial charge in [0.2, 0.25) is 5.91 Å². The van der Waals surface area contributed by atoms with Gasteiger partial charge in [-0.05, 0) is 36.8 Å². The molecule has 3 aromatic rings. The minimum absolute atomic E-state index is 0.0502. The van der Waals surface area contributed by atoms with Gasteiger partial charge in [-0.15, -0.1) is 0 Å². The minimum Gasteiger partial charge on any atom is -0.486 e.